The summed E-state index contributed by atoms with van der Waals surface area (Å²) in [5.41, 5.74) is 0. The molecule has 21 heavy (non-hydrogen) atoms. The molecule has 5 heteroatoms. The Kier molecular flexibility index (Phi) is 10.8. The van der Waals surface area contributed by atoms with Gasteiger partial charge in [0, 0.05) is 23.0 Å². The predicted octanol–water partition coefficient (Wildman–Crippen LogP) is 5.62. The van der Waals surface area contributed by atoms with E-state index in [1.54, 1.807) is 0 Å². The van der Waals surface area contributed by atoms with Crippen molar-refractivity contribution in [1.82, 2.24) is 0 Å². The molecular weight excluding hydrogens is 312 g/mol. The van der Waals surface area contributed by atoms with Crippen LogP contribution in [0.15, 0.2) is 0 Å². The van der Waals surface area contributed by atoms with Crippen LogP contribution in [0.5, 0.6) is 0 Å². The first kappa shape index (κ1) is 21.7. The van der Waals surface area contributed by atoms with Crippen LogP contribution in [0.1, 0.15) is 55.4 Å². The van der Waals surface area contributed by atoms with E-state index in [-0.39, 0.29) is 0 Å². The minimum absolute atomic E-state index is 0.646. The summed E-state index contributed by atoms with van der Waals surface area (Å²) in [4.78, 5) is 1.29. The van der Waals surface area contributed by atoms with Crippen LogP contribution in [0.4, 0.5) is 0 Å². The molecule has 2 atom stereocenters. The van der Waals surface area contributed by atoms with Crippen LogP contribution >= 0.6 is 11.8 Å². The first-order valence-corrected chi connectivity index (χ1v) is 14.6. The molecule has 0 radical (unpaired) electrons. The summed E-state index contributed by atoms with van der Waals surface area (Å²) in [7, 11) is -3.21. The zero-order valence-corrected chi connectivity index (χ0v) is 18.4. The Bertz CT molecular complexity index is 243. The summed E-state index contributed by atoms with van der Waals surface area (Å²) < 4.78 is 12.6. The highest BCUT2D eigenvalue weighted by atomic mass is 32.2. The second-order valence-corrected chi connectivity index (χ2v) is 17.8. The van der Waals surface area contributed by atoms with Gasteiger partial charge in [-0.3, -0.25) is 0 Å². The number of thioether (sulfide) groups is 1. The highest BCUT2D eigenvalue weighted by molar-refractivity contribution is 8.03. The first-order chi connectivity index (χ1) is 9.91. The zero-order valence-electron chi connectivity index (χ0n) is 15.6. The average Bonchev–Trinajstić information content (AvgIpc) is 2.50. The molecule has 128 valence electrons. The standard InChI is InChI=1S/C16H38O2SSi2/c1-9-17-20(11-3,12-4)15(7)19-16(8)21(13-5,14-6)18-10-2/h15-16H,9-14H2,1-8H3. The molecule has 0 saturated heterocycles. The van der Waals surface area contributed by atoms with Crippen molar-refractivity contribution in [2.75, 3.05) is 13.2 Å². The fourth-order valence-electron chi connectivity index (χ4n) is 3.42. The van der Waals surface area contributed by atoms with Gasteiger partial charge >= 0.3 is 0 Å². The van der Waals surface area contributed by atoms with E-state index in [2.05, 4.69) is 67.2 Å². The molecule has 2 unspecified atom stereocenters. The molecule has 0 rings (SSSR count). The maximum atomic E-state index is 6.32. The number of rotatable bonds is 12. The van der Waals surface area contributed by atoms with Crippen molar-refractivity contribution in [2.45, 2.75) is 89.3 Å². The lowest BCUT2D eigenvalue weighted by Crippen LogP contribution is -2.51. The summed E-state index contributed by atoms with van der Waals surface area (Å²) in [6.07, 6.45) is 0. The molecule has 0 bridgehead atoms. The molecule has 0 N–H and O–H groups in total. The fraction of sp³-hybridized carbons (Fsp3) is 1.00. The Hall–Kier alpha value is 0.704. The van der Waals surface area contributed by atoms with Gasteiger partial charge in [-0.15, -0.1) is 0 Å². The molecule has 0 fully saturated rings. The first-order valence-electron chi connectivity index (χ1n) is 8.85. The van der Waals surface area contributed by atoms with Gasteiger partial charge in [0.15, 0.2) is 0 Å². The Balaban J connectivity index is 5.05. The van der Waals surface area contributed by atoms with Crippen LogP contribution in [0.25, 0.3) is 0 Å². The lowest BCUT2D eigenvalue weighted by atomic mass is 10.9. The van der Waals surface area contributed by atoms with E-state index in [1.807, 2.05) is 0 Å². The van der Waals surface area contributed by atoms with Crippen LogP contribution in [0, 0.1) is 0 Å². The monoisotopic (exact) mass is 350 g/mol. The maximum Gasteiger partial charge on any atom is 0.204 e. The van der Waals surface area contributed by atoms with E-state index in [4.69, 9.17) is 8.85 Å². The van der Waals surface area contributed by atoms with Crippen molar-refractivity contribution >= 4 is 28.4 Å². The second kappa shape index (κ2) is 10.5. The summed E-state index contributed by atoms with van der Waals surface area (Å²) in [6.45, 7) is 20.1. The Morgan fingerprint density at radius 1 is 0.667 bits per heavy atom. The van der Waals surface area contributed by atoms with Crippen LogP contribution in [-0.4, -0.2) is 39.6 Å². The molecule has 0 amide bonds. The molecule has 0 aromatic heterocycles. The quantitative estimate of drug-likeness (QED) is 0.426. The van der Waals surface area contributed by atoms with Crippen molar-refractivity contribution in [3.05, 3.63) is 0 Å². The van der Waals surface area contributed by atoms with Gasteiger partial charge in [-0.2, -0.15) is 11.8 Å². The Morgan fingerprint density at radius 3 is 1.14 bits per heavy atom. The molecular formula is C16H38O2SSi2. The van der Waals surface area contributed by atoms with Gasteiger partial charge in [0.25, 0.3) is 0 Å². The van der Waals surface area contributed by atoms with E-state index >= 15 is 0 Å². The summed E-state index contributed by atoms with van der Waals surface area (Å²) in [6, 6.07) is 4.89. The molecule has 0 spiro atoms. The van der Waals surface area contributed by atoms with Crippen molar-refractivity contribution in [1.29, 1.82) is 0 Å². The topological polar surface area (TPSA) is 18.5 Å². The van der Waals surface area contributed by atoms with Crippen LogP contribution in [-0.2, 0) is 8.85 Å². The van der Waals surface area contributed by atoms with Gasteiger partial charge in [-0.1, -0.05) is 41.5 Å². The van der Waals surface area contributed by atoms with Crippen molar-refractivity contribution in [3.8, 4) is 0 Å². The van der Waals surface area contributed by atoms with Crippen LogP contribution in [0.2, 0.25) is 24.2 Å². The minimum atomic E-state index is -1.61. The average molecular weight is 351 g/mol. The van der Waals surface area contributed by atoms with Crippen molar-refractivity contribution < 1.29 is 8.85 Å². The summed E-state index contributed by atoms with van der Waals surface area (Å²) >= 11 is 2.17. The smallest absolute Gasteiger partial charge is 0.204 e. The second-order valence-electron chi connectivity index (χ2n) is 5.83. The number of hydrogen-bond donors (Lipinski definition) is 0. The molecule has 0 aromatic rings. The minimum Gasteiger partial charge on any atom is -0.416 e. The highest BCUT2D eigenvalue weighted by Gasteiger charge is 2.43. The van der Waals surface area contributed by atoms with Crippen LogP contribution < -0.4 is 0 Å². The third kappa shape index (κ3) is 5.38. The molecule has 2 nitrogen and oxygen atoms in total. The van der Waals surface area contributed by atoms with Gasteiger partial charge in [0.05, 0.1) is 0 Å². The molecule has 0 aromatic carbocycles. The lowest BCUT2D eigenvalue weighted by molar-refractivity contribution is 0.318. The molecule has 0 aliphatic carbocycles. The van der Waals surface area contributed by atoms with Gasteiger partial charge < -0.3 is 8.85 Å². The SMILES string of the molecule is CCO[Si](CC)(CC)C(C)SC(C)[Si](CC)(CC)OCC. The van der Waals surface area contributed by atoms with Gasteiger partial charge in [-0.25, -0.2) is 0 Å². The zero-order chi connectivity index (χ0) is 16.5. The Labute approximate surface area is 140 Å². The largest absolute Gasteiger partial charge is 0.416 e. The van der Waals surface area contributed by atoms with Gasteiger partial charge in [-0.05, 0) is 38.0 Å². The third-order valence-corrected chi connectivity index (χ3v) is 18.8. The van der Waals surface area contributed by atoms with Crippen molar-refractivity contribution in [2.24, 2.45) is 0 Å². The Morgan fingerprint density at radius 2 is 0.952 bits per heavy atom. The van der Waals surface area contributed by atoms with Gasteiger partial charge in [0.2, 0.25) is 16.6 Å². The van der Waals surface area contributed by atoms with E-state index in [0.717, 1.165) is 13.2 Å². The fourth-order valence-corrected chi connectivity index (χ4v) is 15.8. The maximum absolute atomic E-state index is 6.32. The summed E-state index contributed by atoms with van der Waals surface area (Å²) in [5.74, 6) is 0. The highest BCUT2D eigenvalue weighted by Crippen LogP contribution is 2.37. The number of hydrogen-bond acceptors (Lipinski definition) is 3. The normalized spacial score (nSPS) is 16.0. The predicted molar refractivity (Wildman–Crippen MR) is 103 cm³/mol. The molecule has 0 heterocycles. The van der Waals surface area contributed by atoms with Crippen molar-refractivity contribution in [3.63, 3.8) is 0 Å². The molecule has 0 aliphatic rings. The van der Waals surface area contributed by atoms with Crippen LogP contribution in [0.3, 0.4) is 0 Å². The molecule has 0 saturated carbocycles. The van der Waals surface area contributed by atoms with Gasteiger partial charge in [0.1, 0.15) is 0 Å². The van der Waals surface area contributed by atoms with E-state index in [0.29, 0.717) is 9.75 Å². The molecule has 0 aliphatic heterocycles. The summed E-state index contributed by atoms with van der Waals surface area (Å²) in [5, 5.41) is 0. The van der Waals surface area contributed by atoms with E-state index in [1.165, 1.54) is 24.2 Å². The van der Waals surface area contributed by atoms with E-state index in [9.17, 15) is 0 Å². The lowest BCUT2D eigenvalue weighted by Gasteiger charge is -2.40. The third-order valence-electron chi connectivity index (χ3n) is 5.15. The van der Waals surface area contributed by atoms with E-state index < -0.39 is 16.6 Å².